The van der Waals surface area contributed by atoms with Crippen LogP contribution in [0.5, 0.6) is 0 Å². The van der Waals surface area contributed by atoms with Gasteiger partial charge in [-0.2, -0.15) is 0 Å². The minimum Gasteiger partial charge on any atom is -0.343 e. The lowest BCUT2D eigenvalue weighted by Crippen LogP contribution is -2.56. The molecule has 1 aromatic carbocycles. The van der Waals surface area contributed by atoms with E-state index in [0.29, 0.717) is 11.6 Å². The standard InChI is InChI=1S/C12H13ClN2O2/c1-8-12(17)15(7-11(16)14-8)6-9-3-2-4-10(13)5-9/h2-5,8H,6-7H2,1H3,(H,14,16). The van der Waals surface area contributed by atoms with Crippen molar-refractivity contribution < 1.29 is 9.59 Å². The Labute approximate surface area is 105 Å². The van der Waals surface area contributed by atoms with Gasteiger partial charge in [-0.25, -0.2) is 0 Å². The number of carbonyl (C=O) groups excluding carboxylic acids is 2. The van der Waals surface area contributed by atoms with E-state index in [1.165, 1.54) is 4.90 Å². The van der Waals surface area contributed by atoms with Crippen molar-refractivity contribution in [3.05, 3.63) is 34.9 Å². The maximum atomic E-state index is 11.8. The second kappa shape index (κ2) is 4.75. The molecular formula is C12H13ClN2O2. The van der Waals surface area contributed by atoms with Crippen molar-refractivity contribution in [2.24, 2.45) is 0 Å². The molecule has 0 bridgehead atoms. The summed E-state index contributed by atoms with van der Waals surface area (Å²) in [4.78, 5) is 24.7. The van der Waals surface area contributed by atoms with Crippen molar-refractivity contribution >= 4 is 23.4 Å². The van der Waals surface area contributed by atoms with Crippen molar-refractivity contribution in [2.45, 2.75) is 19.5 Å². The zero-order chi connectivity index (χ0) is 12.4. The van der Waals surface area contributed by atoms with Crippen molar-refractivity contribution in [3.63, 3.8) is 0 Å². The number of hydrogen-bond acceptors (Lipinski definition) is 2. The number of carbonyl (C=O) groups is 2. The molecular weight excluding hydrogens is 240 g/mol. The number of halogens is 1. The fraction of sp³-hybridized carbons (Fsp3) is 0.333. The first kappa shape index (κ1) is 11.9. The fourth-order valence-electron chi connectivity index (χ4n) is 1.86. The Morgan fingerprint density at radius 1 is 1.47 bits per heavy atom. The van der Waals surface area contributed by atoms with Gasteiger partial charge in [-0.3, -0.25) is 9.59 Å². The molecule has 2 amide bonds. The first-order chi connectivity index (χ1) is 8.06. The predicted molar refractivity (Wildman–Crippen MR) is 64.5 cm³/mol. The Kier molecular flexibility index (Phi) is 3.33. The summed E-state index contributed by atoms with van der Waals surface area (Å²) in [6, 6.07) is 6.84. The highest BCUT2D eigenvalue weighted by atomic mass is 35.5. The lowest BCUT2D eigenvalue weighted by molar-refractivity contribution is -0.144. The third-order valence-corrected chi connectivity index (χ3v) is 2.89. The van der Waals surface area contributed by atoms with Crippen LogP contribution in [0.2, 0.25) is 5.02 Å². The summed E-state index contributed by atoms with van der Waals surface area (Å²) < 4.78 is 0. The molecule has 2 rings (SSSR count). The summed E-state index contributed by atoms with van der Waals surface area (Å²) in [7, 11) is 0. The number of nitrogens with one attached hydrogen (secondary N) is 1. The quantitative estimate of drug-likeness (QED) is 0.860. The summed E-state index contributed by atoms with van der Waals surface area (Å²) in [6.45, 7) is 2.21. The van der Waals surface area contributed by atoms with Gasteiger partial charge in [0.25, 0.3) is 0 Å². The Morgan fingerprint density at radius 3 is 2.94 bits per heavy atom. The van der Waals surface area contributed by atoms with Crippen LogP contribution < -0.4 is 5.32 Å². The topological polar surface area (TPSA) is 49.4 Å². The fourth-order valence-corrected chi connectivity index (χ4v) is 2.08. The zero-order valence-corrected chi connectivity index (χ0v) is 10.2. The van der Waals surface area contributed by atoms with Crippen LogP contribution in [0.4, 0.5) is 0 Å². The molecule has 0 aliphatic carbocycles. The largest absolute Gasteiger partial charge is 0.343 e. The highest BCUT2D eigenvalue weighted by molar-refractivity contribution is 6.30. The van der Waals surface area contributed by atoms with Crippen LogP contribution in [0.25, 0.3) is 0 Å². The Morgan fingerprint density at radius 2 is 2.24 bits per heavy atom. The monoisotopic (exact) mass is 252 g/mol. The molecule has 1 aliphatic rings. The van der Waals surface area contributed by atoms with Crippen LogP contribution in [0.3, 0.4) is 0 Å². The van der Waals surface area contributed by atoms with Gasteiger partial charge < -0.3 is 10.2 Å². The number of amides is 2. The summed E-state index contributed by atoms with van der Waals surface area (Å²) >= 11 is 5.87. The van der Waals surface area contributed by atoms with E-state index >= 15 is 0 Å². The average Bonchev–Trinajstić information content (AvgIpc) is 2.25. The molecule has 1 aromatic rings. The van der Waals surface area contributed by atoms with E-state index in [4.69, 9.17) is 11.6 Å². The van der Waals surface area contributed by atoms with Crippen molar-refractivity contribution in [1.82, 2.24) is 10.2 Å². The molecule has 4 nitrogen and oxygen atoms in total. The molecule has 1 unspecified atom stereocenters. The summed E-state index contributed by atoms with van der Waals surface area (Å²) in [6.07, 6.45) is 0. The smallest absolute Gasteiger partial charge is 0.245 e. The molecule has 0 radical (unpaired) electrons. The Balaban J connectivity index is 2.12. The molecule has 1 atom stereocenters. The third-order valence-electron chi connectivity index (χ3n) is 2.66. The van der Waals surface area contributed by atoms with Crippen LogP contribution in [0.15, 0.2) is 24.3 Å². The molecule has 0 aromatic heterocycles. The average molecular weight is 253 g/mol. The van der Waals surface area contributed by atoms with E-state index in [2.05, 4.69) is 5.32 Å². The molecule has 1 aliphatic heterocycles. The molecule has 0 spiro atoms. The molecule has 1 N–H and O–H groups in total. The minimum atomic E-state index is -0.449. The van der Waals surface area contributed by atoms with Crippen LogP contribution in [0, 0.1) is 0 Å². The maximum Gasteiger partial charge on any atom is 0.245 e. The van der Waals surface area contributed by atoms with Crippen LogP contribution in [-0.2, 0) is 16.1 Å². The number of hydrogen-bond donors (Lipinski definition) is 1. The van der Waals surface area contributed by atoms with E-state index < -0.39 is 6.04 Å². The molecule has 90 valence electrons. The van der Waals surface area contributed by atoms with Gasteiger partial charge >= 0.3 is 0 Å². The second-order valence-electron chi connectivity index (χ2n) is 4.11. The van der Waals surface area contributed by atoms with Gasteiger partial charge in [-0.1, -0.05) is 23.7 Å². The van der Waals surface area contributed by atoms with Gasteiger partial charge in [0.15, 0.2) is 0 Å². The van der Waals surface area contributed by atoms with Gasteiger partial charge in [0.05, 0.1) is 6.54 Å². The molecule has 1 heterocycles. The lowest BCUT2D eigenvalue weighted by atomic mass is 10.1. The molecule has 0 saturated carbocycles. The number of piperazine rings is 1. The molecule has 17 heavy (non-hydrogen) atoms. The van der Waals surface area contributed by atoms with E-state index in [1.807, 2.05) is 12.1 Å². The van der Waals surface area contributed by atoms with Crippen LogP contribution in [0.1, 0.15) is 12.5 Å². The molecule has 1 fully saturated rings. The predicted octanol–water partition coefficient (Wildman–Crippen LogP) is 1.19. The first-order valence-corrected chi connectivity index (χ1v) is 5.76. The number of nitrogens with zero attached hydrogens (tertiary/aromatic N) is 1. The SMILES string of the molecule is CC1NC(=O)CN(Cc2cccc(Cl)c2)C1=O. The zero-order valence-electron chi connectivity index (χ0n) is 9.44. The van der Waals surface area contributed by atoms with Crippen molar-refractivity contribution in [2.75, 3.05) is 6.54 Å². The van der Waals surface area contributed by atoms with Gasteiger partial charge in [-0.15, -0.1) is 0 Å². The minimum absolute atomic E-state index is 0.0652. The van der Waals surface area contributed by atoms with E-state index in [0.717, 1.165) is 5.56 Å². The van der Waals surface area contributed by atoms with Crippen LogP contribution in [-0.4, -0.2) is 29.3 Å². The molecule has 1 saturated heterocycles. The van der Waals surface area contributed by atoms with Gasteiger partial charge in [0, 0.05) is 11.6 Å². The van der Waals surface area contributed by atoms with Crippen molar-refractivity contribution in [3.8, 4) is 0 Å². The highest BCUT2D eigenvalue weighted by Gasteiger charge is 2.29. The normalized spacial score (nSPS) is 20.4. The van der Waals surface area contributed by atoms with Gasteiger partial charge in [0.1, 0.15) is 6.04 Å². The van der Waals surface area contributed by atoms with Gasteiger partial charge in [-0.05, 0) is 24.6 Å². The Hall–Kier alpha value is -1.55. The van der Waals surface area contributed by atoms with Gasteiger partial charge in [0.2, 0.25) is 11.8 Å². The summed E-state index contributed by atoms with van der Waals surface area (Å²) in [5.74, 6) is -0.191. The number of benzene rings is 1. The van der Waals surface area contributed by atoms with Crippen LogP contribution >= 0.6 is 11.6 Å². The Bertz CT molecular complexity index is 462. The van der Waals surface area contributed by atoms with Crippen molar-refractivity contribution in [1.29, 1.82) is 0 Å². The second-order valence-corrected chi connectivity index (χ2v) is 4.55. The van der Waals surface area contributed by atoms with E-state index in [1.54, 1.807) is 19.1 Å². The highest BCUT2D eigenvalue weighted by Crippen LogP contribution is 2.14. The first-order valence-electron chi connectivity index (χ1n) is 5.39. The van der Waals surface area contributed by atoms with E-state index in [9.17, 15) is 9.59 Å². The maximum absolute atomic E-state index is 11.8. The third kappa shape index (κ3) is 2.77. The van der Waals surface area contributed by atoms with E-state index in [-0.39, 0.29) is 18.4 Å². The molecule has 5 heteroatoms. The summed E-state index contributed by atoms with van der Waals surface area (Å²) in [5.41, 5.74) is 0.924. The lowest BCUT2D eigenvalue weighted by Gasteiger charge is -2.30. The summed E-state index contributed by atoms with van der Waals surface area (Å²) in [5, 5.41) is 3.23. The number of rotatable bonds is 2.